The highest BCUT2D eigenvalue weighted by Gasteiger charge is 2.26. The number of hydrogen-bond donors (Lipinski definition) is 0. The maximum absolute atomic E-state index is 12.0. The second-order valence-electron chi connectivity index (χ2n) is 5.16. The van der Waals surface area contributed by atoms with Gasteiger partial charge in [0.05, 0.1) is 20.5 Å². The van der Waals surface area contributed by atoms with E-state index in [1.165, 1.54) is 33.5 Å². The molecule has 0 fully saturated rings. The van der Waals surface area contributed by atoms with E-state index in [9.17, 15) is 9.59 Å². The molecule has 134 valence electrons. The largest absolute Gasteiger partial charge is 0.493 e. The van der Waals surface area contributed by atoms with Gasteiger partial charge in [-0.05, 0) is 35.9 Å². The zero-order valence-electron chi connectivity index (χ0n) is 14.3. The Labute approximate surface area is 148 Å². The van der Waals surface area contributed by atoms with E-state index in [0.29, 0.717) is 11.3 Å². The topological polar surface area (TPSA) is 96.6 Å². The summed E-state index contributed by atoms with van der Waals surface area (Å²) in [5, 5.41) is 0. The molecule has 0 saturated heterocycles. The summed E-state index contributed by atoms with van der Waals surface area (Å²) in [5.74, 6) is 0.00131. The zero-order valence-corrected chi connectivity index (χ0v) is 14.3. The molecule has 1 aliphatic rings. The third kappa shape index (κ3) is 3.44. The van der Waals surface area contributed by atoms with Gasteiger partial charge in [-0.1, -0.05) is 0 Å². The summed E-state index contributed by atoms with van der Waals surface area (Å²) < 4.78 is 25.9. The summed E-state index contributed by atoms with van der Waals surface area (Å²) in [6, 6.07) is 6.47. The SMILES string of the molecule is COc1cc(/C=C2/N=C(c3ccco3)OC2=O)cc(OC)c1OC(C)=O. The Kier molecular flexibility index (Phi) is 4.74. The van der Waals surface area contributed by atoms with Crippen LogP contribution < -0.4 is 14.2 Å². The van der Waals surface area contributed by atoms with Gasteiger partial charge in [0.25, 0.3) is 5.90 Å². The van der Waals surface area contributed by atoms with E-state index in [1.54, 1.807) is 24.3 Å². The molecule has 0 radical (unpaired) electrons. The van der Waals surface area contributed by atoms with E-state index in [2.05, 4.69) is 4.99 Å². The number of methoxy groups -OCH3 is 2. The van der Waals surface area contributed by atoms with Gasteiger partial charge in [-0.2, -0.15) is 0 Å². The van der Waals surface area contributed by atoms with Gasteiger partial charge in [-0.15, -0.1) is 0 Å². The van der Waals surface area contributed by atoms with Crippen LogP contribution in [-0.2, 0) is 14.3 Å². The van der Waals surface area contributed by atoms with Crippen molar-refractivity contribution in [1.82, 2.24) is 0 Å². The van der Waals surface area contributed by atoms with Crippen LogP contribution in [0.3, 0.4) is 0 Å². The summed E-state index contributed by atoms with van der Waals surface area (Å²) in [5.41, 5.74) is 0.631. The van der Waals surface area contributed by atoms with Crippen molar-refractivity contribution >= 4 is 23.9 Å². The molecule has 0 aliphatic carbocycles. The summed E-state index contributed by atoms with van der Waals surface area (Å²) >= 11 is 0. The van der Waals surface area contributed by atoms with Gasteiger partial charge in [0.1, 0.15) is 0 Å². The molecule has 0 atom stereocenters. The van der Waals surface area contributed by atoms with Gasteiger partial charge in [-0.3, -0.25) is 4.79 Å². The average Bonchev–Trinajstić information content (AvgIpc) is 3.25. The van der Waals surface area contributed by atoms with E-state index < -0.39 is 11.9 Å². The molecule has 0 N–H and O–H groups in total. The van der Waals surface area contributed by atoms with Gasteiger partial charge >= 0.3 is 11.9 Å². The number of cyclic esters (lactones) is 1. The van der Waals surface area contributed by atoms with Crippen LogP contribution in [0.25, 0.3) is 6.08 Å². The van der Waals surface area contributed by atoms with Crippen LogP contribution in [0.15, 0.2) is 45.6 Å². The fourth-order valence-electron chi connectivity index (χ4n) is 2.30. The molecule has 0 unspecified atom stereocenters. The predicted molar refractivity (Wildman–Crippen MR) is 90.2 cm³/mol. The Balaban J connectivity index is 2.00. The van der Waals surface area contributed by atoms with Crippen molar-refractivity contribution in [2.45, 2.75) is 6.92 Å². The molecule has 2 aromatic rings. The van der Waals surface area contributed by atoms with Crippen molar-refractivity contribution in [2.24, 2.45) is 4.99 Å². The Morgan fingerprint density at radius 2 is 1.88 bits per heavy atom. The van der Waals surface area contributed by atoms with Crippen molar-refractivity contribution in [3.63, 3.8) is 0 Å². The maximum Gasteiger partial charge on any atom is 0.363 e. The van der Waals surface area contributed by atoms with E-state index in [0.717, 1.165) is 0 Å². The highest BCUT2D eigenvalue weighted by molar-refractivity contribution is 6.11. The van der Waals surface area contributed by atoms with Gasteiger partial charge in [-0.25, -0.2) is 9.79 Å². The van der Waals surface area contributed by atoms with Crippen LogP contribution in [0.5, 0.6) is 17.2 Å². The second kappa shape index (κ2) is 7.14. The van der Waals surface area contributed by atoms with Crippen LogP contribution in [0.2, 0.25) is 0 Å². The minimum absolute atomic E-state index is 0.0840. The van der Waals surface area contributed by atoms with Crippen molar-refractivity contribution in [3.8, 4) is 17.2 Å². The number of carbonyl (C=O) groups is 2. The van der Waals surface area contributed by atoms with Crippen molar-refractivity contribution in [1.29, 1.82) is 0 Å². The fraction of sp³-hybridized carbons (Fsp3) is 0.167. The highest BCUT2D eigenvalue weighted by atomic mass is 16.6. The Morgan fingerprint density at radius 3 is 2.42 bits per heavy atom. The first-order chi connectivity index (χ1) is 12.5. The molecule has 0 spiro atoms. The smallest absolute Gasteiger partial charge is 0.363 e. The fourth-order valence-corrected chi connectivity index (χ4v) is 2.30. The van der Waals surface area contributed by atoms with Crippen molar-refractivity contribution < 1.29 is 33.0 Å². The molecule has 8 heteroatoms. The number of aliphatic imine (C=N–C) groups is 1. The quantitative estimate of drug-likeness (QED) is 0.461. The summed E-state index contributed by atoms with van der Waals surface area (Å²) in [4.78, 5) is 27.4. The van der Waals surface area contributed by atoms with Gasteiger partial charge in [0.2, 0.25) is 5.75 Å². The number of rotatable bonds is 5. The second-order valence-corrected chi connectivity index (χ2v) is 5.16. The number of carbonyl (C=O) groups excluding carboxylic acids is 2. The van der Waals surface area contributed by atoms with Crippen LogP contribution in [-0.4, -0.2) is 32.1 Å². The number of nitrogens with zero attached hydrogens (tertiary/aromatic N) is 1. The Hall–Kier alpha value is -3.55. The minimum Gasteiger partial charge on any atom is -0.493 e. The molecule has 1 aromatic carbocycles. The molecule has 26 heavy (non-hydrogen) atoms. The molecule has 0 amide bonds. The molecule has 0 saturated carbocycles. The van der Waals surface area contributed by atoms with Crippen LogP contribution in [0.4, 0.5) is 0 Å². The van der Waals surface area contributed by atoms with Gasteiger partial charge in [0.15, 0.2) is 23.0 Å². The number of furan rings is 1. The lowest BCUT2D eigenvalue weighted by molar-refractivity contribution is -0.132. The molecule has 3 rings (SSSR count). The lowest BCUT2D eigenvalue weighted by Gasteiger charge is -2.13. The van der Waals surface area contributed by atoms with Crippen molar-refractivity contribution in [3.05, 3.63) is 47.5 Å². The minimum atomic E-state index is -0.613. The first-order valence-electron chi connectivity index (χ1n) is 7.52. The van der Waals surface area contributed by atoms with Crippen LogP contribution in [0.1, 0.15) is 18.2 Å². The lowest BCUT2D eigenvalue weighted by Crippen LogP contribution is -2.05. The van der Waals surface area contributed by atoms with Gasteiger partial charge in [0, 0.05) is 6.92 Å². The summed E-state index contributed by atoms with van der Waals surface area (Å²) in [6.07, 6.45) is 2.96. The monoisotopic (exact) mass is 357 g/mol. The Bertz CT molecular complexity index is 885. The molecule has 2 heterocycles. The normalized spacial score (nSPS) is 14.8. The van der Waals surface area contributed by atoms with E-state index >= 15 is 0 Å². The first kappa shape index (κ1) is 17.3. The van der Waals surface area contributed by atoms with E-state index in [4.69, 9.17) is 23.4 Å². The molecule has 1 aliphatic heterocycles. The summed E-state index contributed by atoms with van der Waals surface area (Å²) in [6.45, 7) is 1.27. The number of esters is 2. The molecular weight excluding hydrogens is 342 g/mol. The number of benzene rings is 1. The third-order valence-corrected chi connectivity index (χ3v) is 3.38. The average molecular weight is 357 g/mol. The molecule has 8 nitrogen and oxygen atoms in total. The molecule has 0 bridgehead atoms. The Morgan fingerprint density at radius 1 is 1.19 bits per heavy atom. The van der Waals surface area contributed by atoms with E-state index in [-0.39, 0.29) is 28.8 Å². The summed E-state index contributed by atoms with van der Waals surface area (Å²) in [7, 11) is 2.85. The zero-order chi connectivity index (χ0) is 18.7. The highest BCUT2D eigenvalue weighted by Crippen LogP contribution is 2.39. The van der Waals surface area contributed by atoms with Gasteiger partial charge < -0.3 is 23.4 Å². The van der Waals surface area contributed by atoms with Crippen LogP contribution in [0, 0.1) is 0 Å². The number of ether oxygens (including phenoxy) is 4. The molecule has 1 aromatic heterocycles. The number of hydrogen-bond acceptors (Lipinski definition) is 8. The standard InChI is InChI=1S/C18H15NO7/c1-10(20)25-16-14(22-2)8-11(9-15(16)23-3)7-12-18(21)26-17(19-12)13-5-4-6-24-13/h4-9H,1-3H3/b12-7+. The van der Waals surface area contributed by atoms with Crippen molar-refractivity contribution in [2.75, 3.05) is 14.2 Å². The molecular formula is C18H15NO7. The lowest BCUT2D eigenvalue weighted by atomic mass is 10.1. The third-order valence-electron chi connectivity index (χ3n) is 3.38. The predicted octanol–water partition coefficient (Wildman–Crippen LogP) is 2.57. The first-order valence-corrected chi connectivity index (χ1v) is 7.52. The maximum atomic E-state index is 12.0. The van der Waals surface area contributed by atoms with E-state index in [1.807, 2.05) is 0 Å². The van der Waals surface area contributed by atoms with Crippen LogP contribution >= 0.6 is 0 Å².